The first-order valence-corrected chi connectivity index (χ1v) is 8.42. The van der Waals surface area contributed by atoms with Gasteiger partial charge in [0.1, 0.15) is 0 Å². The summed E-state index contributed by atoms with van der Waals surface area (Å²) in [5, 5.41) is 0. The molecule has 4 nitrogen and oxygen atoms in total. The van der Waals surface area contributed by atoms with Gasteiger partial charge < -0.3 is 5.73 Å². The molecule has 1 saturated carbocycles. The van der Waals surface area contributed by atoms with Crippen molar-refractivity contribution in [1.82, 2.24) is 4.31 Å². The van der Waals surface area contributed by atoms with Crippen LogP contribution < -0.4 is 5.73 Å². The third-order valence-electron chi connectivity index (χ3n) is 3.99. The van der Waals surface area contributed by atoms with Crippen LogP contribution in [0.2, 0.25) is 0 Å². The summed E-state index contributed by atoms with van der Waals surface area (Å²) in [6.07, 6.45) is 7.68. The molecule has 108 valence electrons. The van der Waals surface area contributed by atoms with Gasteiger partial charge in [-0.1, -0.05) is 19.3 Å². The van der Waals surface area contributed by atoms with Gasteiger partial charge >= 0.3 is 0 Å². The van der Waals surface area contributed by atoms with Gasteiger partial charge in [-0.2, -0.15) is 0 Å². The Hall–Kier alpha value is 0.160. The van der Waals surface area contributed by atoms with Crippen LogP contribution in [0.4, 0.5) is 0 Å². The number of hydrogen-bond donors (Lipinski definition) is 1. The number of nitrogens with zero attached hydrogens (tertiary/aromatic N) is 1. The summed E-state index contributed by atoms with van der Waals surface area (Å²) in [6.45, 7) is 1.19. The zero-order valence-corrected chi connectivity index (χ0v) is 12.5. The summed E-state index contributed by atoms with van der Waals surface area (Å²) in [7, 11) is -3.06. The topological polar surface area (TPSA) is 63.4 Å². The molecule has 1 aliphatic heterocycles. The molecular weight excluding hydrogens is 272 g/mol. The van der Waals surface area contributed by atoms with Gasteiger partial charge in [-0.05, 0) is 31.6 Å². The van der Waals surface area contributed by atoms with E-state index in [9.17, 15) is 8.42 Å². The maximum Gasteiger partial charge on any atom is 0.214 e. The summed E-state index contributed by atoms with van der Waals surface area (Å²) in [5.74, 6) is 0.728. The molecule has 2 rings (SSSR count). The van der Waals surface area contributed by atoms with E-state index in [1.54, 1.807) is 4.31 Å². The van der Waals surface area contributed by atoms with Crippen molar-refractivity contribution >= 4 is 22.4 Å². The van der Waals surface area contributed by atoms with Crippen LogP contribution in [0.5, 0.6) is 0 Å². The quantitative estimate of drug-likeness (QED) is 0.863. The maximum absolute atomic E-state index is 12.3. The molecule has 0 aromatic heterocycles. The summed E-state index contributed by atoms with van der Waals surface area (Å²) < 4.78 is 26.2. The van der Waals surface area contributed by atoms with Gasteiger partial charge in [0.2, 0.25) is 10.0 Å². The van der Waals surface area contributed by atoms with Crippen LogP contribution in [0.25, 0.3) is 0 Å². The Kier molecular flexibility index (Phi) is 6.38. The van der Waals surface area contributed by atoms with Crippen molar-refractivity contribution in [2.75, 3.05) is 18.8 Å². The van der Waals surface area contributed by atoms with E-state index in [0.29, 0.717) is 24.8 Å². The Morgan fingerprint density at radius 2 is 1.72 bits per heavy atom. The van der Waals surface area contributed by atoms with Crippen LogP contribution in [-0.4, -0.2) is 37.6 Å². The number of rotatable bonds is 3. The second-order valence-electron chi connectivity index (χ2n) is 5.54. The first-order valence-electron chi connectivity index (χ1n) is 6.81. The minimum absolute atomic E-state index is 0. The Balaban J connectivity index is 0.00000162. The molecule has 0 amide bonds. The van der Waals surface area contributed by atoms with E-state index in [1.807, 2.05) is 0 Å². The fourth-order valence-corrected chi connectivity index (χ4v) is 4.95. The first-order chi connectivity index (χ1) is 8.08. The summed E-state index contributed by atoms with van der Waals surface area (Å²) in [6, 6.07) is 0.0323. The van der Waals surface area contributed by atoms with Gasteiger partial charge in [-0.25, -0.2) is 12.7 Å². The largest absolute Gasteiger partial charge is 0.327 e. The van der Waals surface area contributed by atoms with E-state index in [2.05, 4.69) is 0 Å². The monoisotopic (exact) mass is 296 g/mol. The molecule has 0 aromatic rings. The highest BCUT2D eigenvalue weighted by Crippen LogP contribution is 2.26. The van der Waals surface area contributed by atoms with Crippen LogP contribution in [0.15, 0.2) is 0 Å². The lowest BCUT2D eigenvalue weighted by Gasteiger charge is -2.32. The van der Waals surface area contributed by atoms with Crippen molar-refractivity contribution in [3.05, 3.63) is 0 Å². The zero-order valence-electron chi connectivity index (χ0n) is 10.9. The van der Waals surface area contributed by atoms with Crippen molar-refractivity contribution in [1.29, 1.82) is 0 Å². The fourth-order valence-electron chi connectivity index (χ4n) is 2.98. The number of halogens is 1. The van der Waals surface area contributed by atoms with Gasteiger partial charge in [0.15, 0.2) is 0 Å². The van der Waals surface area contributed by atoms with E-state index in [-0.39, 0.29) is 18.4 Å². The zero-order chi connectivity index (χ0) is 12.3. The van der Waals surface area contributed by atoms with E-state index < -0.39 is 10.0 Å². The molecule has 1 aliphatic carbocycles. The van der Waals surface area contributed by atoms with Gasteiger partial charge in [0.25, 0.3) is 0 Å². The molecule has 6 heteroatoms. The Labute approximate surface area is 117 Å². The summed E-state index contributed by atoms with van der Waals surface area (Å²) >= 11 is 0. The predicted molar refractivity (Wildman–Crippen MR) is 76.4 cm³/mol. The Morgan fingerprint density at radius 1 is 1.06 bits per heavy atom. The lowest BCUT2D eigenvalue weighted by molar-refractivity contribution is 0.308. The van der Waals surface area contributed by atoms with E-state index >= 15 is 0 Å². The first kappa shape index (κ1) is 16.2. The van der Waals surface area contributed by atoms with Crippen molar-refractivity contribution in [2.45, 2.75) is 51.0 Å². The Morgan fingerprint density at radius 3 is 2.33 bits per heavy atom. The number of piperidine rings is 1. The third-order valence-corrected chi connectivity index (χ3v) is 6.00. The molecule has 0 spiro atoms. The smallest absolute Gasteiger partial charge is 0.214 e. The van der Waals surface area contributed by atoms with E-state index in [1.165, 1.54) is 19.3 Å². The molecule has 1 saturated heterocycles. The standard InChI is InChI=1S/C12H24N2O2S.ClH/c13-12-7-4-8-14(9-12)17(15,16)10-11-5-2-1-3-6-11;/h11-12H,1-10,13H2;1H. The minimum atomic E-state index is -3.06. The average molecular weight is 297 g/mol. The second kappa shape index (κ2) is 7.08. The van der Waals surface area contributed by atoms with Gasteiger partial charge in [0, 0.05) is 19.1 Å². The van der Waals surface area contributed by atoms with Crippen LogP contribution >= 0.6 is 12.4 Å². The van der Waals surface area contributed by atoms with Crippen LogP contribution in [-0.2, 0) is 10.0 Å². The number of sulfonamides is 1. The third kappa shape index (κ3) is 4.37. The molecular formula is C12H25ClN2O2S. The summed E-state index contributed by atoms with van der Waals surface area (Å²) in [5.41, 5.74) is 5.85. The second-order valence-corrected chi connectivity index (χ2v) is 7.56. The SMILES string of the molecule is Cl.NC1CCCN(S(=O)(=O)CC2CCCCC2)C1. The molecule has 1 atom stereocenters. The molecule has 2 fully saturated rings. The highest BCUT2D eigenvalue weighted by atomic mass is 35.5. The highest BCUT2D eigenvalue weighted by molar-refractivity contribution is 7.89. The molecule has 2 N–H and O–H groups in total. The average Bonchev–Trinajstić information content (AvgIpc) is 2.30. The van der Waals surface area contributed by atoms with E-state index in [0.717, 1.165) is 25.7 Å². The number of hydrogen-bond acceptors (Lipinski definition) is 3. The minimum Gasteiger partial charge on any atom is -0.327 e. The highest BCUT2D eigenvalue weighted by Gasteiger charge is 2.30. The molecule has 0 bridgehead atoms. The van der Waals surface area contributed by atoms with Crippen molar-refractivity contribution < 1.29 is 8.42 Å². The molecule has 1 unspecified atom stereocenters. The van der Waals surface area contributed by atoms with Gasteiger partial charge in [0.05, 0.1) is 5.75 Å². The lowest BCUT2D eigenvalue weighted by atomic mass is 9.91. The molecule has 18 heavy (non-hydrogen) atoms. The molecule has 0 aromatic carbocycles. The van der Waals surface area contributed by atoms with Gasteiger partial charge in [-0.3, -0.25) is 0 Å². The maximum atomic E-state index is 12.3. The van der Waals surface area contributed by atoms with Gasteiger partial charge in [-0.15, -0.1) is 12.4 Å². The van der Waals surface area contributed by atoms with Crippen LogP contribution in [0.3, 0.4) is 0 Å². The van der Waals surface area contributed by atoms with Crippen molar-refractivity contribution in [3.63, 3.8) is 0 Å². The fraction of sp³-hybridized carbons (Fsp3) is 1.00. The Bertz CT molecular complexity index is 342. The number of nitrogens with two attached hydrogens (primary N) is 1. The molecule has 1 heterocycles. The molecule has 2 aliphatic rings. The summed E-state index contributed by atoms with van der Waals surface area (Å²) in [4.78, 5) is 0. The van der Waals surface area contributed by atoms with Crippen molar-refractivity contribution in [2.24, 2.45) is 11.7 Å². The van der Waals surface area contributed by atoms with Crippen molar-refractivity contribution in [3.8, 4) is 0 Å². The van der Waals surface area contributed by atoms with Crippen LogP contribution in [0, 0.1) is 5.92 Å². The van der Waals surface area contributed by atoms with E-state index in [4.69, 9.17) is 5.73 Å². The lowest BCUT2D eigenvalue weighted by Crippen LogP contribution is -2.47. The molecule has 0 radical (unpaired) electrons. The normalized spacial score (nSPS) is 27.7. The van der Waals surface area contributed by atoms with Crippen LogP contribution in [0.1, 0.15) is 44.9 Å². The predicted octanol–water partition coefficient (Wildman–Crippen LogP) is 1.74.